The quantitative estimate of drug-likeness (QED) is 0.742. The predicted molar refractivity (Wildman–Crippen MR) is 79.6 cm³/mol. The third-order valence-corrected chi connectivity index (χ3v) is 4.91. The Balaban J connectivity index is 1.97. The number of hydrogen-bond donors (Lipinski definition) is 1. The zero-order chi connectivity index (χ0) is 21.6. The van der Waals surface area contributed by atoms with Gasteiger partial charge in [-0.15, -0.1) is 0 Å². The minimum Gasteiger partial charge on any atom is -0.456 e. The fourth-order valence-corrected chi connectivity index (χ4v) is 3.57. The van der Waals surface area contributed by atoms with Crippen LogP contribution in [0.1, 0.15) is 27.0 Å². The highest BCUT2D eigenvalue weighted by atomic mass is 19.3. The summed E-state index contributed by atoms with van der Waals surface area (Å²) >= 11 is 0. The summed E-state index contributed by atoms with van der Waals surface area (Å²) in [5.41, 5.74) is -9.70. The van der Waals surface area contributed by atoms with Gasteiger partial charge in [-0.05, 0) is 24.3 Å². The van der Waals surface area contributed by atoms with Gasteiger partial charge in [0.25, 0.3) is 0 Å². The summed E-state index contributed by atoms with van der Waals surface area (Å²) < 4.78 is 104. The summed E-state index contributed by atoms with van der Waals surface area (Å²) in [6.45, 7) is 0. The smallest absolute Gasteiger partial charge is 0.353 e. The molecule has 4 rings (SSSR count). The molecule has 0 aromatic heterocycles. The number of rotatable bonds is 2. The summed E-state index contributed by atoms with van der Waals surface area (Å²) in [6.07, 6.45) is 0. The molecule has 0 heterocycles. The number of nitriles is 1. The monoisotopic (exact) mass is 417 g/mol. The molecule has 1 N–H and O–H groups in total. The van der Waals surface area contributed by atoms with Crippen molar-refractivity contribution >= 4 is 5.78 Å². The molecule has 150 valence electrons. The van der Waals surface area contributed by atoms with Gasteiger partial charge in [-0.3, -0.25) is 4.79 Å². The number of alkyl halides is 6. The Hall–Kier alpha value is -3.13. The average molecular weight is 417 g/mol. The summed E-state index contributed by atoms with van der Waals surface area (Å²) in [4.78, 5) is 12.1. The highest BCUT2D eigenvalue weighted by Crippen LogP contribution is 2.69. The normalized spacial score (nSPS) is 24.9. The molecule has 0 radical (unpaired) electrons. The first-order valence-electron chi connectivity index (χ1n) is 7.78. The molecule has 0 spiro atoms. The third-order valence-electron chi connectivity index (χ3n) is 4.91. The predicted octanol–water partition coefficient (Wildman–Crippen LogP) is 4.25. The molecule has 0 saturated heterocycles. The van der Waals surface area contributed by atoms with Crippen molar-refractivity contribution in [1.82, 2.24) is 0 Å². The lowest BCUT2D eigenvalue weighted by atomic mass is 9.91. The van der Waals surface area contributed by atoms with E-state index >= 15 is 0 Å². The van der Waals surface area contributed by atoms with Crippen molar-refractivity contribution in [2.24, 2.45) is 0 Å². The summed E-state index contributed by atoms with van der Waals surface area (Å²) in [7, 11) is 0. The molecule has 2 aliphatic rings. The van der Waals surface area contributed by atoms with E-state index < -0.39 is 63.2 Å². The van der Waals surface area contributed by atoms with Crippen molar-refractivity contribution in [3.8, 4) is 17.6 Å². The zero-order valence-corrected chi connectivity index (χ0v) is 13.7. The Morgan fingerprint density at radius 3 is 2.28 bits per heavy atom. The van der Waals surface area contributed by atoms with Gasteiger partial charge in [0.2, 0.25) is 11.4 Å². The van der Waals surface area contributed by atoms with Crippen LogP contribution in [0.2, 0.25) is 0 Å². The molecule has 11 heteroatoms. The van der Waals surface area contributed by atoms with Crippen LogP contribution in [0.5, 0.6) is 11.5 Å². The van der Waals surface area contributed by atoms with Gasteiger partial charge in [0.05, 0.1) is 17.2 Å². The first-order chi connectivity index (χ1) is 13.3. The van der Waals surface area contributed by atoms with E-state index in [1.54, 1.807) is 6.07 Å². The van der Waals surface area contributed by atoms with Crippen LogP contribution in [0, 0.1) is 17.1 Å². The topological polar surface area (TPSA) is 70.3 Å². The van der Waals surface area contributed by atoms with Crippen LogP contribution >= 0.6 is 0 Å². The molecule has 2 aromatic carbocycles. The van der Waals surface area contributed by atoms with Crippen molar-refractivity contribution in [3.05, 3.63) is 58.4 Å². The van der Waals surface area contributed by atoms with Crippen LogP contribution in [0.15, 0.2) is 30.3 Å². The Labute approximate surface area is 156 Å². The lowest BCUT2D eigenvalue weighted by Crippen LogP contribution is -2.59. The first-order valence-corrected chi connectivity index (χ1v) is 7.78. The SMILES string of the molecule is N#Cc1cc(F)cc(Oc2ccc3c4c2C(=O)C(F)(F)C4(O)C(F)(F)C3(F)F)c1. The Kier molecular flexibility index (Phi) is 3.49. The molecule has 2 aromatic rings. The van der Waals surface area contributed by atoms with Crippen LogP contribution < -0.4 is 4.74 Å². The number of aliphatic hydroxyl groups is 1. The van der Waals surface area contributed by atoms with E-state index in [2.05, 4.69) is 0 Å². The first kappa shape index (κ1) is 19.2. The second kappa shape index (κ2) is 5.27. The molecule has 0 fully saturated rings. The van der Waals surface area contributed by atoms with Gasteiger partial charge >= 0.3 is 17.8 Å². The number of ether oxygens (including phenoxy) is 1. The zero-order valence-electron chi connectivity index (χ0n) is 13.7. The Morgan fingerprint density at radius 1 is 1.00 bits per heavy atom. The van der Waals surface area contributed by atoms with E-state index in [0.29, 0.717) is 18.2 Å². The van der Waals surface area contributed by atoms with Gasteiger partial charge in [-0.2, -0.15) is 31.6 Å². The molecule has 0 amide bonds. The third kappa shape index (κ3) is 1.99. The second-order valence-electron chi connectivity index (χ2n) is 6.51. The largest absolute Gasteiger partial charge is 0.456 e. The van der Waals surface area contributed by atoms with Gasteiger partial charge in [0, 0.05) is 17.2 Å². The number of halogens is 7. The van der Waals surface area contributed by atoms with Crippen molar-refractivity contribution < 1.29 is 45.4 Å². The molecular formula is C18H6F7NO3. The van der Waals surface area contributed by atoms with Gasteiger partial charge in [0.15, 0.2) is 0 Å². The van der Waals surface area contributed by atoms with Gasteiger partial charge in [0.1, 0.15) is 17.3 Å². The molecule has 1 atom stereocenters. The van der Waals surface area contributed by atoms with Crippen LogP contribution in [0.25, 0.3) is 0 Å². The van der Waals surface area contributed by atoms with E-state index in [9.17, 15) is 40.6 Å². The minimum absolute atomic E-state index is 0.260. The fraction of sp³-hybridized carbons (Fsp3) is 0.222. The molecule has 0 bridgehead atoms. The number of hydrogen-bond acceptors (Lipinski definition) is 4. The van der Waals surface area contributed by atoms with E-state index in [1.807, 2.05) is 0 Å². The molecule has 4 nitrogen and oxygen atoms in total. The second-order valence-corrected chi connectivity index (χ2v) is 6.51. The fourth-order valence-electron chi connectivity index (χ4n) is 3.57. The highest BCUT2D eigenvalue weighted by molar-refractivity contribution is 6.10. The molecule has 29 heavy (non-hydrogen) atoms. The van der Waals surface area contributed by atoms with E-state index in [-0.39, 0.29) is 5.56 Å². The van der Waals surface area contributed by atoms with Crippen LogP contribution in [0.4, 0.5) is 30.7 Å². The summed E-state index contributed by atoms with van der Waals surface area (Å²) in [5, 5.41) is 18.8. The van der Waals surface area contributed by atoms with Gasteiger partial charge in [-0.1, -0.05) is 0 Å². The molecular weight excluding hydrogens is 411 g/mol. The lowest BCUT2D eigenvalue weighted by Gasteiger charge is -2.33. The number of carbonyl (C=O) groups is 1. The summed E-state index contributed by atoms with van der Waals surface area (Å²) in [5.74, 6) is -20.9. The van der Waals surface area contributed by atoms with Crippen molar-refractivity contribution in [2.45, 2.75) is 23.4 Å². The van der Waals surface area contributed by atoms with Crippen LogP contribution in [0.3, 0.4) is 0 Å². The van der Waals surface area contributed by atoms with E-state index in [4.69, 9.17) is 10.00 Å². The van der Waals surface area contributed by atoms with Gasteiger partial charge in [-0.25, -0.2) is 4.39 Å². The Morgan fingerprint density at radius 2 is 1.66 bits per heavy atom. The lowest BCUT2D eigenvalue weighted by molar-refractivity contribution is -0.327. The number of carbonyl (C=O) groups excluding carboxylic acids is 1. The van der Waals surface area contributed by atoms with Crippen molar-refractivity contribution in [3.63, 3.8) is 0 Å². The molecule has 0 aliphatic heterocycles. The van der Waals surface area contributed by atoms with Gasteiger partial charge < -0.3 is 9.84 Å². The Bertz CT molecular complexity index is 1140. The maximum absolute atomic E-state index is 14.4. The van der Waals surface area contributed by atoms with Crippen LogP contribution in [-0.2, 0) is 11.5 Å². The van der Waals surface area contributed by atoms with Crippen LogP contribution in [-0.4, -0.2) is 22.7 Å². The summed E-state index contributed by atoms with van der Waals surface area (Å²) in [6, 6.07) is 4.88. The number of nitrogens with zero attached hydrogens (tertiary/aromatic N) is 1. The van der Waals surface area contributed by atoms with Crippen molar-refractivity contribution in [2.75, 3.05) is 0 Å². The maximum Gasteiger partial charge on any atom is 0.353 e. The highest BCUT2D eigenvalue weighted by Gasteiger charge is 2.88. The number of ketones is 1. The number of Topliss-reactive ketones (excluding diaryl/α,β-unsaturated/α-hetero) is 1. The van der Waals surface area contributed by atoms with E-state index in [0.717, 1.165) is 12.1 Å². The molecule has 0 saturated carbocycles. The molecule has 1 unspecified atom stereocenters. The maximum atomic E-state index is 14.4. The molecule has 2 aliphatic carbocycles. The van der Waals surface area contributed by atoms with Crippen molar-refractivity contribution in [1.29, 1.82) is 5.26 Å². The average Bonchev–Trinajstić information content (AvgIpc) is 2.87. The van der Waals surface area contributed by atoms with E-state index in [1.165, 1.54) is 0 Å². The standard InChI is InChI=1S/C18H6F7NO3/c19-8-3-7(6-26)4-9(5-8)29-11-2-1-10-13-12(11)14(27)17(22,23)15(13,28)18(24,25)16(10,20)21/h1-5,28H. The number of benzene rings is 2. The minimum atomic E-state index is -5.70.